The normalized spacial score (nSPS) is 25.0. The minimum atomic E-state index is -0.343. The van der Waals surface area contributed by atoms with Crippen LogP contribution in [0.2, 0.25) is 0 Å². The summed E-state index contributed by atoms with van der Waals surface area (Å²) in [6.45, 7) is 1.56. The van der Waals surface area contributed by atoms with Gasteiger partial charge in [0.2, 0.25) is 0 Å². The number of aliphatic hydroxyl groups is 1. The molecule has 2 aliphatic rings. The number of piperidine rings is 1. The molecule has 5 nitrogen and oxygen atoms in total. The summed E-state index contributed by atoms with van der Waals surface area (Å²) in [5, 5.41) is 19.8. The Morgan fingerprint density at radius 1 is 1.15 bits per heavy atom. The topological polar surface area (TPSA) is 69.4 Å². The lowest BCUT2D eigenvalue weighted by atomic mass is 9.81. The highest BCUT2D eigenvalue weighted by atomic mass is 16.5. The number of ether oxygens (including phenoxy) is 1. The molecule has 0 unspecified atom stereocenters. The largest absolute Gasteiger partial charge is 0.393 e. The number of rotatable bonds is 2. The molecule has 26 heavy (non-hydrogen) atoms. The zero-order chi connectivity index (χ0) is 18.0. The molecule has 1 spiro atoms. The minimum absolute atomic E-state index is 0.0592. The standard InChI is InChI=1S/C21H23N3O2/c22-15-17-7-4-10-23-20(17)24-11-8-21(9-12-24)14-18(25)13-19(26-21)16-5-2-1-3-6-16/h1-7,10,18-19,25H,8-9,11-14H2/t18-,19+/m0/s1. The predicted octanol–water partition coefficient (Wildman–Crippen LogP) is 3.20. The number of nitrogens with zero attached hydrogens (tertiary/aromatic N) is 3. The molecule has 0 saturated carbocycles. The van der Waals surface area contributed by atoms with E-state index in [4.69, 9.17) is 4.74 Å². The third-order valence-corrected chi connectivity index (χ3v) is 5.54. The van der Waals surface area contributed by atoms with Crippen LogP contribution in [0, 0.1) is 11.3 Å². The van der Waals surface area contributed by atoms with E-state index < -0.39 is 0 Å². The van der Waals surface area contributed by atoms with E-state index >= 15 is 0 Å². The minimum Gasteiger partial charge on any atom is -0.393 e. The lowest BCUT2D eigenvalue weighted by molar-refractivity contribution is -0.173. The predicted molar refractivity (Wildman–Crippen MR) is 98.6 cm³/mol. The van der Waals surface area contributed by atoms with Crippen molar-refractivity contribution in [2.45, 2.75) is 43.5 Å². The summed E-state index contributed by atoms with van der Waals surface area (Å²) in [6, 6.07) is 16.0. The smallest absolute Gasteiger partial charge is 0.146 e. The van der Waals surface area contributed by atoms with E-state index in [9.17, 15) is 10.4 Å². The van der Waals surface area contributed by atoms with Crippen molar-refractivity contribution in [3.63, 3.8) is 0 Å². The molecule has 2 aromatic rings. The number of aliphatic hydroxyl groups excluding tert-OH is 1. The Hall–Kier alpha value is -2.42. The SMILES string of the molecule is N#Cc1cccnc1N1CCC2(CC1)C[C@@H](O)C[C@H](c1ccccc1)O2. The number of anilines is 1. The molecule has 134 valence electrons. The van der Waals surface area contributed by atoms with E-state index in [2.05, 4.69) is 28.1 Å². The third-order valence-electron chi connectivity index (χ3n) is 5.54. The first-order chi connectivity index (χ1) is 12.7. The summed E-state index contributed by atoms with van der Waals surface area (Å²) >= 11 is 0. The number of nitriles is 1. The van der Waals surface area contributed by atoms with E-state index in [0.717, 1.165) is 37.3 Å². The second-order valence-electron chi connectivity index (χ2n) is 7.27. The number of aromatic nitrogens is 1. The van der Waals surface area contributed by atoms with Crippen LogP contribution >= 0.6 is 0 Å². The fourth-order valence-electron chi connectivity index (χ4n) is 4.21. The van der Waals surface area contributed by atoms with Gasteiger partial charge in [-0.2, -0.15) is 5.26 Å². The summed E-state index contributed by atoms with van der Waals surface area (Å²) in [5.41, 5.74) is 1.44. The van der Waals surface area contributed by atoms with Gasteiger partial charge in [0, 0.05) is 32.1 Å². The van der Waals surface area contributed by atoms with Crippen LogP contribution in [0.5, 0.6) is 0 Å². The van der Waals surface area contributed by atoms with Crippen molar-refractivity contribution in [1.29, 1.82) is 5.26 Å². The Morgan fingerprint density at radius 2 is 1.92 bits per heavy atom. The van der Waals surface area contributed by atoms with Gasteiger partial charge in [-0.1, -0.05) is 30.3 Å². The maximum absolute atomic E-state index is 10.5. The van der Waals surface area contributed by atoms with Crippen LogP contribution in [0.4, 0.5) is 5.82 Å². The highest BCUT2D eigenvalue weighted by molar-refractivity contribution is 5.53. The molecule has 2 saturated heterocycles. The maximum Gasteiger partial charge on any atom is 0.146 e. The zero-order valence-corrected chi connectivity index (χ0v) is 14.7. The molecular weight excluding hydrogens is 326 g/mol. The molecule has 0 bridgehead atoms. The molecule has 0 amide bonds. The van der Waals surface area contributed by atoms with Crippen molar-refractivity contribution in [3.05, 3.63) is 59.8 Å². The van der Waals surface area contributed by atoms with Crippen LogP contribution in [0.15, 0.2) is 48.7 Å². The van der Waals surface area contributed by atoms with Gasteiger partial charge in [-0.15, -0.1) is 0 Å². The first-order valence-corrected chi connectivity index (χ1v) is 9.20. The van der Waals surface area contributed by atoms with Crippen LogP contribution in [-0.4, -0.2) is 34.9 Å². The molecular formula is C21H23N3O2. The Kier molecular flexibility index (Phi) is 4.62. The highest BCUT2D eigenvalue weighted by Crippen LogP contribution is 2.43. The summed E-state index contributed by atoms with van der Waals surface area (Å²) < 4.78 is 6.54. The van der Waals surface area contributed by atoms with Crippen molar-refractivity contribution < 1.29 is 9.84 Å². The second-order valence-corrected chi connectivity index (χ2v) is 7.27. The first-order valence-electron chi connectivity index (χ1n) is 9.20. The molecule has 2 atom stereocenters. The number of hydrogen-bond acceptors (Lipinski definition) is 5. The van der Waals surface area contributed by atoms with Gasteiger partial charge >= 0.3 is 0 Å². The summed E-state index contributed by atoms with van der Waals surface area (Å²) in [4.78, 5) is 6.56. The molecule has 5 heteroatoms. The third kappa shape index (κ3) is 3.31. The van der Waals surface area contributed by atoms with Crippen molar-refractivity contribution in [2.75, 3.05) is 18.0 Å². The molecule has 0 radical (unpaired) electrons. The van der Waals surface area contributed by atoms with Gasteiger partial charge in [0.05, 0.1) is 23.4 Å². The number of benzene rings is 1. The van der Waals surface area contributed by atoms with Gasteiger partial charge in [0.15, 0.2) is 0 Å². The van der Waals surface area contributed by atoms with E-state index in [-0.39, 0.29) is 17.8 Å². The summed E-state index contributed by atoms with van der Waals surface area (Å²) in [5.74, 6) is 0.751. The van der Waals surface area contributed by atoms with Gasteiger partial charge < -0.3 is 14.7 Å². The average molecular weight is 349 g/mol. The van der Waals surface area contributed by atoms with Crippen molar-refractivity contribution in [1.82, 2.24) is 4.98 Å². The fourth-order valence-corrected chi connectivity index (χ4v) is 4.21. The monoisotopic (exact) mass is 349 g/mol. The van der Waals surface area contributed by atoms with Gasteiger partial charge in [-0.3, -0.25) is 0 Å². The highest BCUT2D eigenvalue weighted by Gasteiger charge is 2.44. The summed E-state index contributed by atoms with van der Waals surface area (Å²) in [7, 11) is 0. The maximum atomic E-state index is 10.5. The second kappa shape index (κ2) is 7.06. The van der Waals surface area contributed by atoms with E-state index in [1.54, 1.807) is 18.3 Å². The summed E-state index contributed by atoms with van der Waals surface area (Å²) in [6.07, 6.45) is 4.31. The van der Waals surface area contributed by atoms with Crippen molar-refractivity contribution in [3.8, 4) is 6.07 Å². The Balaban J connectivity index is 1.50. The van der Waals surface area contributed by atoms with E-state index in [0.29, 0.717) is 18.4 Å². The first kappa shape index (κ1) is 17.0. The van der Waals surface area contributed by atoms with Gasteiger partial charge in [0.1, 0.15) is 11.9 Å². The van der Waals surface area contributed by atoms with Gasteiger partial charge in [-0.25, -0.2) is 4.98 Å². The van der Waals surface area contributed by atoms with Crippen LogP contribution in [0.3, 0.4) is 0 Å². The lowest BCUT2D eigenvalue weighted by Gasteiger charge is -2.48. The van der Waals surface area contributed by atoms with Crippen LogP contribution in [0.1, 0.15) is 42.9 Å². The Bertz CT molecular complexity index is 794. The molecule has 3 heterocycles. The molecule has 2 fully saturated rings. The fraction of sp³-hybridized carbons (Fsp3) is 0.429. The zero-order valence-electron chi connectivity index (χ0n) is 14.7. The Morgan fingerprint density at radius 3 is 2.65 bits per heavy atom. The van der Waals surface area contributed by atoms with Gasteiger partial charge in [0.25, 0.3) is 0 Å². The van der Waals surface area contributed by atoms with Crippen molar-refractivity contribution >= 4 is 5.82 Å². The average Bonchev–Trinajstić information content (AvgIpc) is 2.69. The Labute approximate surface area is 153 Å². The van der Waals surface area contributed by atoms with Crippen LogP contribution in [0.25, 0.3) is 0 Å². The molecule has 0 aliphatic carbocycles. The molecule has 1 aromatic carbocycles. The lowest BCUT2D eigenvalue weighted by Crippen LogP contribution is -2.51. The molecule has 1 N–H and O–H groups in total. The van der Waals surface area contributed by atoms with E-state index in [1.165, 1.54) is 0 Å². The number of hydrogen-bond donors (Lipinski definition) is 1. The van der Waals surface area contributed by atoms with Crippen LogP contribution in [-0.2, 0) is 4.74 Å². The van der Waals surface area contributed by atoms with Crippen molar-refractivity contribution in [2.24, 2.45) is 0 Å². The quantitative estimate of drug-likeness (QED) is 0.902. The van der Waals surface area contributed by atoms with Crippen LogP contribution < -0.4 is 4.90 Å². The van der Waals surface area contributed by atoms with E-state index in [1.807, 2.05) is 18.2 Å². The molecule has 2 aliphatic heterocycles. The number of pyridine rings is 1. The molecule has 4 rings (SSSR count). The van der Waals surface area contributed by atoms with Gasteiger partial charge in [-0.05, 0) is 30.5 Å². The molecule has 1 aromatic heterocycles.